The van der Waals surface area contributed by atoms with Gasteiger partial charge in [0.1, 0.15) is 12.1 Å². The molecule has 8 heteroatoms. The van der Waals surface area contributed by atoms with Gasteiger partial charge in [-0.05, 0) is 35.8 Å². The lowest BCUT2D eigenvalue weighted by molar-refractivity contribution is -0.150. The molecule has 0 radical (unpaired) electrons. The van der Waals surface area contributed by atoms with Crippen LogP contribution in [-0.4, -0.2) is 47.4 Å². The lowest BCUT2D eigenvalue weighted by atomic mass is 9.92. The molecule has 1 heterocycles. The van der Waals surface area contributed by atoms with E-state index in [1.807, 2.05) is 45.9 Å². The first-order valence-corrected chi connectivity index (χ1v) is 10.8. The topological polar surface area (TPSA) is 105 Å². The number of nitrogens with one attached hydrogen (secondary N) is 2. The van der Waals surface area contributed by atoms with Crippen molar-refractivity contribution in [3.05, 3.63) is 29.3 Å². The number of carbonyl (C=O) groups is 4. The first-order chi connectivity index (χ1) is 14.6. The Kier molecular flexibility index (Phi) is 7.81. The van der Waals surface area contributed by atoms with E-state index in [0.717, 1.165) is 21.7 Å². The lowest BCUT2D eigenvalue weighted by Crippen LogP contribution is -2.46. The molecule has 31 heavy (non-hydrogen) atoms. The van der Waals surface area contributed by atoms with E-state index in [1.165, 1.54) is 0 Å². The summed E-state index contributed by atoms with van der Waals surface area (Å²) in [6, 6.07) is 5.26. The van der Waals surface area contributed by atoms with Crippen molar-refractivity contribution in [3.8, 4) is 0 Å². The molecule has 0 spiro atoms. The molecular weight excluding hydrogens is 398 g/mol. The Morgan fingerprint density at radius 3 is 2.06 bits per heavy atom. The third-order valence-corrected chi connectivity index (χ3v) is 5.74. The zero-order valence-corrected chi connectivity index (χ0v) is 19.2. The number of hydrogen-bond acceptors (Lipinski definition) is 5. The van der Waals surface area contributed by atoms with Crippen LogP contribution >= 0.6 is 0 Å². The third kappa shape index (κ3) is 5.24. The molecule has 2 N–H and O–H groups in total. The van der Waals surface area contributed by atoms with E-state index >= 15 is 0 Å². The number of benzene rings is 1. The molecule has 0 aliphatic carbocycles. The Balaban J connectivity index is 2.01. The van der Waals surface area contributed by atoms with E-state index in [-0.39, 0.29) is 11.8 Å². The molecule has 2 rings (SSSR count). The van der Waals surface area contributed by atoms with Gasteiger partial charge in [0.15, 0.2) is 6.61 Å². The molecule has 1 aromatic rings. The number of rotatable bonds is 9. The molecule has 1 fully saturated rings. The van der Waals surface area contributed by atoms with E-state index in [0.29, 0.717) is 12.8 Å². The van der Waals surface area contributed by atoms with Gasteiger partial charge in [-0.3, -0.25) is 19.3 Å². The maximum atomic E-state index is 12.6. The highest BCUT2D eigenvalue weighted by molar-refractivity contribution is 6.08. The standard InChI is InChI=1S/C23H33N3O5/c1-7-23(8-2)21(29)26(22(30)25-23)12-19(28)31-13-18(27)24-20-16(14(3)4)10-9-11-17(20)15(5)6/h9-11,14-15H,7-8,12-13H2,1-6H3,(H,24,27)(H,25,30). The second-order valence-electron chi connectivity index (χ2n) is 8.44. The van der Waals surface area contributed by atoms with Gasteiger partial charge in [-0.1, -0.05) is 59.7 Å². The number of urea groups is 1. The Bertz CT molecular complexity index is 833. The molecule has 0 saturated carbocycles. The summed E-state index contributed by atoms with van der Waals surface area (Å²) in [5.41, 5.74) is 1.75. The van der Waals surface area contributed by atoms with Crippen LogP contribution in [0.2, 0.25) is 0 Å². The molecule has 1 aliphatic heterocycles. The van der Waals surface area contributed by atoms with Crippen LogP contribution in [0.1, 0.15) is 77.3 Å². The van der Waals surface area contributed by atoms with Gasteiger partial charge in [0.25, 0.3) is 11.8 Å². The second kappa shape index (κ2) is 9.94. The van der Waals surface area contributed by atoms with Crippen LogP contribution < -0.4 is 10.6 Å². The summed E-state index contributed by atoms with van der Waals surface area (Å²) in [7, 11) is 0. The van der Waals surface area contributed by atoms with Gasteiger partial charge in [0.2, 0.25) is 0 Å². The summed E-state index contributed by atoms with van der Waals surface area (Å²) >= 11 is 0. The van der Waals surface area contributed by atoms with Gasteiger partial charge in [-0.2, -0.15) is 0 Å². The minimum Gasteiger partial charge on any atom is -0.454 e. The SMILES string of the molecule is CCC1(CC)NC(=O)N(CC(=O)OCC(=O)Nc2c(C(C)C)cccc2C(C)C)C1=O. The Labute approximate surface area is 183 Å². The van der Waals surface area contributed by atoms with Gasteiger partial charge in [0.05, 0.1) is 0 Å². The lowest BCUT2D eigenvalue weighted by Gasteiger charge is -2.22. The quantitative estimate of drug-likeness (QED) is 0.460. The Hall–Kier alpha value is -2.90. The van der Waals surface area contributed by atoms with E-state index in [4.69, 9.17) is 4.74 Å². The van der Waals surface area contributed by atoms with Crippen LogP contribution in [0.25, 0.3) is 0 Å². The minimum atomic E-state index is -0.984. The highest BCUT2D eigenvalue weighted by atomic mass is 16.5. The van der Waals surface area contributed by atoms with Gasteiger partial charge in [-0.25, -0.2) is 4.79 Å². The molecule has 0 bridgehead atoms. The van der Waals surface area contributed by atoms with Crippen molar-refractivity contribution in [2.75, 3.05) is 18.5 Å². The van der Waals surface area contributed by atoms with E-state index < -0.39 is 42.5 Å². The summed E-state index contributed by atoms with van der Waals surface area (Å²) in [6.07, 6.45) is 0.852. The number of esters is 1. The molecule has 170 valence electrons. The second-order valence-corrected chi connectivity index (χ2v) is 8.44. The zero-order valence-electron chi connectivity index (χ0n) is 19.2. The summed E-state index contributed by atoms with van der Waals surface area (Å²) in [4.78, 5) is 50.2. The van der Waals surface area contributed by atoms with Gasteiger partial charge >= 0.3 is 12.0 Å². The van der Waals surface area contributed by atoms with Crippen molar-refractivity contribution >= 4 is 29.5 Å². The van der Waals surface area contributed by atoms with Crippen LogP contribution in [0.4, 0.5) is 10.5 Å². The smallest absolute Gasteiger partial charge is 0.326 e. The molecular formula is C23H33N3O5. The van der Waals surface area contributed by atoms with E-state index in [2.05, 4.69) is 10.6 Å². The van der Waals surface area contributed by atoms with E-state index in [1.54, 1.807) is 13.8 Å². The average molecular weight is 432 g/mol. The summed E-state index contributed by atoms with van der Waals surface area (Å²) in [5.74, 6) is -1.33. The highest BCUT2D eigenvalue weighted by Crippen LogP contribution is 2.32. The van der Waals surface area contributed by atoms with E-state index in [9.17, 15) is 19.2 Å². The van der Waals surface area contributed by atoms with Crippen LogP contribution in [0.15, 0.2) is 18.2 Å². The number of para-hydroxylation sites is 1. The normalized spacial score (nSPS) is 15.4. The van der Waals surface area contributed by atoms with Crippen molar-refractivity contribution in [2.24, 2.45) is 0 Å². The molecule has 8 nitrogen and oxygen atoms in total. The first kappa shape index (κ1) is 24.4. The average Bonchev–Trinajstić information content (AvgIpc) is 2.96. The van der Waals surface area contributed by atoms with Crippen molar-refractivity contribution < 1.29 is 23.9 Å². The maximum Gasteiger partial charge on any atom is 0.326 e. The van der Waals surface area contributed by atoms with Crippen molar-refractivity contribution in [1.82, 2.24) is 10.2 Å². The molecule has 4 amide bonds. The fourth-order valence-electron chi connectivity index (χ4n) is 3.74. The number of imide groups is 1. The number of amides is 4. The zero-order chi connectivity index (χ0) is 23.3. The number of carbonyl (C=O) groups excluding carboxylic acids is 4. The fraction of sp³-hybridized carbons (Fsp3) is 0.565. The summed E-state index contributed by atoms with van der Waals surface area (Å²) < 4.78 is 5.05. The van der Waals surface area contributed by atoms with Crippen molar-refractivity contribution in [1.29, 1.82) is 0 Å². The van der Waals surface area contributed by atoms with Gasteiger partial charge in [0, 0.05) is 5.69 Å². The molecule has 1 aliphatic rings. The highest BCUT2D eigenvalue weighted by Gasteiger charge is 2.49. The van der Waals surface area contributed by atoms with Crippen molar-refractivity contribution in [3.63, 3.8) is 0 Å². The maximum absolute atomic E-state index is 12.6. The number of nitrogens with zero attached hydrogens (tertiary/aromatic N) is 1. The number of ether oxygens (including phenoxy) is 1. The number of hydrogen-bond donors (Lipinski definition) is 2. The van der Waals surface area contributed by atoms with Gasteiger partial charge in [-0.15, -0.1) is 0 Å². The van der Waals surface area contributed by atoms with Crippen molar-refractivity contribution in [2.45, 2.75) is 71.8 Å². The fourth-order valence-corrected chi connectivity index (χ4v) is 3.74. The molecule has 1 aromatic carbocycles. The Morgan fingerprint density at radius 1 is 1.06 bits per heavy atom. The largest absolute Gasteiger partial charge is 0.454 e. The van der Waals surface area contributed by atoms with Crippen LogP contribution in [0.3, 0.4) is 0 Å². The molecule has 0 aromatic heterocycles. The Morgan fingerprint density at radius 2 is 1.61 bits per heavy atom. The van der Waals surface area contributed by atoms with Crippen LogP contribution in [-0.2, 0) is 19.1 Å². The first-order valence-electron chi connectivity index (χ1n) is 10.8. The van der Waals surface area contributed by atoms with Crippen LogP contribution in [0.5, 0.6) is 0 Å². The summed E-state index contributed by atoms with van der Waals surface area (Å²) in [6.45, 7) is 10.7. The molecule has 0 atom stereocenters. The minimum absolute atomic E-state index is 0.202. The van der Waals surface area contributed by atoms with Gasteiger partial charge < -0.3 is 15.4 Å². The molecule has 1 saturated heterocycles. The monoisotopic (exact) mass is 431 g/mol. The third-order valence-electron chi connectivity index (χ3n) is 5.74. The van der Waals surface area contributed by atoms with Crippen LogP contribution in [0, 0.1) is 0 Å². The summed E-state index contributed by atoms with van der Waals surface area (Å²) in [5, 5.41) is 5.52. The predicted octanol–water partition coefficient (Wildman–Crippen LogP) is 3.53. The molecule has 0 unspecified atom stereocenters. The number of anilines is 1. The predicted molar refractivity (Wildman–Crippen MR) is 118 cm³/mol.